The van der Waals surface area contributed by atoms with E-state index in [9.17, 15) is 18.0 Å². The van der Waals surface area contributed by atoms with Gasteiger partial charge in [0.2, 0.25) is 5.91 Å². The van der Waals surface area contributed by atoms with Crippen LogP contribution in [0.4, 0.5) is 18.3 Å². The molecule has 0 radical (unpaired) electrons. The van der Waals surface area contributed by atoms with E-state index in [1.54, 1.807) is 30.1 Å². The number of hydrogen-bond donors (Lipinski definition) is 1. The third kappa shape index (κ3) is 4.93. The lowest BCUT2D eigenvalue weighted by Crippen LogP contribution is -2.30. The van der Waals surface area contributed by atoms with Crippen LogP contribution in [-0.2, 0) is 11.3 Å². The Morgan fingerprint density at radius 3 is 2.70 bits per heavy atom. The second-order valence-corrected chi connectivity index (χ2v) is 6.83. The van der Waals surface area contributed by atoms with Gasteiger partial charge in [-0.25, -0.2) is 18.2 Å². The lowest BCUT2D eigenvalue weighted by molar-refractivity contribution is -0.117. The summed E-state index contributed by atoms with van der Waals surface area (Å²) in [4.78, 5) is 17.9. The van der Waals surface area contributed by atoms with Crippen molar-refractivity contribution in [3.8, 4) is 11.3 Å². The first kappa shape index (κ1) is 19.1. The van der Waals surface area contributed by atoms with E-state index in [0.717, 1.165) is 29.5 Å². The fourth-order valence-electron chi connectivity index (χ4n) is 2.53. The van der Waals surface area contributed by atoms with Crippen molar-refractivity contribution >= 4 is 22.4 Å². The van der Waals surface area contributed by atoms with Crippen LogP contribution in [-0.4, -0.2) is 29.4 Å². The molecule has 3 rings (SSSR count). The summed E-state index contributed by atoms with van der Waals surface area (Å²) in [6.45, 7) is 0.301. The molecule has 2 aromatic carbocycles. The Labute approximate surface area is 158 Å². The zero-order chi connectivity index (χ0) is 19.4. The van der Waals surface area contributed by atoms with Crippen LogP contribution in [0.2, 0.25) is 0 Å². The summed E-state index contributed by atoms with van der Waals surface area (Å²) in [6.07, 6.45) is 0. The summed E-state index contributed by atoms with van der Waals surface area (Å²) in [6, 6.07) is 9.47. The van der Waals surface area contributed by atoms with Gasteiger partial charge in [0.25, 0.3) is 0 Å². The Morgan fingerprint density at radius 2 is 1.93 bits per heavy atom. The molecule has 0 saturated carbocycles. The van der Waals surface area contributed by atoms with E-state index in [-0.39, 0.29) is 41.2 Å². The number of carbonyl (C=O) groups is 1. The molecule has 1 heterocycles. The van der Waals surface area contributed by atoms with Crippen molar-refractivity contribution in [1.29, 1.82) is 0 Å². The van der Waals surface area contributed by atoms with E-state index in [0.29, 0.717) is 5.56 Å². The molecule has 1 amide bonds. The Balaban J connectivity index is 1.61. The second kappa shape index (κ2) is 8.32. The highest BCUT2D eigenvalue weighted by molar-refractivity contribution is 7.14. The van der Waals surface area contributed by atoms with Crippen molar-refractivity contribution in [2.24, 2.45) is 0 Å². The largest absolute Gasteiger partial charge is 0.301 e. The Morgan fingerprint density at radius 1 is 1.15 bits per heavy atom. The third-order valence-electron chi connectivity index (χ3n) is 3.77. The number of hydrogen-bond acceptors (Lipinski definition) is 4. The number of thiazole rings is 1. The minimum absolute atomic E-state index is 0.0254. The number of amides is 1. The lowest BCUT2D eigenvalue weighted by Gasteiger charge is -2.16. The summed E-state index contributed by atoms with van der Waals surface area (Å²) in [5.41, 5.74) is 0.765. The average Bonchev–Trinajstić information content (AvgIpc) is 3.07. The highest BCUT2D eigenvalue weighted by atomic mass is 32.1. The van der Waals surface area contributed by atoms with Gasteiger partial charge >= 0.3 is 0 Å². The number of likely N-dealkylation sites (N-methyl/N-ethyl adjacent to an activating group) is 1. The molecule has 1 N–H and O–H groups in total. The zero-order valence-electron chi connectivity index (χ0n) is 14.4. The van der Waals surface area contributed by atoms with Gasteiger partial charge in [0.15, 0.2) is 5.13 Å². The molecule has 8 heteroatoms. The maximum absolute atomic E-state index is 13.8. The predicted molar refractivity (Wildman–Crippen MR) is 98.8 cm³/mol. The Hall–Kier alpha value is -2.71. The molecule has 0 fully saturated rings. The lowest BCUT2D eigenvalue weighted by atomic mass is 10.1. The van der Waals surface area contributed by atoms with E-state index in [1.165, 1.54) is 11.4 Å². The molecule has 4 nitrogen and oxygen atoms in total. The molecule has 0 spiro atoms. The maximum atomic E-state index is 13.8. The van der Waals surface area contributed by atoms with Gasteiger partial charge in [-0.1, -0.05) is 18.2 Å². The quantitative estimate of drug-likeness (QED) is 0.682. The van der Waals surface area contributed by atoms with Gasteiger partial charge in [-0.05, 0) is 31.3 Å². The van der Waals surface area contributed by atoms with Crippen LogP contribution in [0, 0.1) is 17.5 Å². The molecule has 0 unspecified atom stereocenters. The van der Waals surface area contributed by atoms with Gasteiger partial charge in [0.05, 0.1) is 12.2 Å². The molecule has 0 bridgehead atoms. The molecule has 3 aromatic rings. The molecule has 0 saturated heterocycles. The molecule has 140 valence electrons. The van der Waals surface area contributed by atoms with E-state index >= 15 is 0 Å². The van der Waals surface area contributed by atoms with Crippen LogP contribution in [0.5, 0.6) is 0 Å². The minimum atomic E-state index is -0.593. The number of halogens is 3. The fraction of sp³-hybridized carbons (Fsp3) is 0.158. The van der Waals surface area contributed by atoms with Gasteiger partial charge in [-0.3, -0.25) is 9.69 Å². The summed E-state index contributed by atoms with van der Waals surface area (Å²) < 4.78 is 40.8. The van der Waals surface area contributed by atoms with Crippen molar-refractivity contribution in [2.45, 2.75) is 6.54 Å². The average molecular weight is 391 g/mol. The smallest absolute Gasteiger partial charge is 0.240 e. The zero-order valence-corrected chi connectivity index (χ0v) is 15.2. The summed E-state index contributed by atoms with van der Waals surface area (Å²) in [5, 5.41) is 4.43. The van der Waals surface area contributed by atoms with Crippen molar-refractivity contribution in [3.63, 3.8) is 0 Å². The first-order valence-electron chi connectivity index (χ1n) is 8.05. The van der Waals surface area contributed by atoms with E-state index in [4.69, 9.17) is 0 Å². The summed E-state index contributed by atoms with van der Waals surface area (Å²) in [5.74, 6) is -1.83. The number of nitrogens with zero attached hydrogens (tertiary/aromatic N) is 2. The van der Waals surface area contributed by atoms with E-state index in [2.05, 4.69) is 10.3 Å². The van der Waals surface area contributed by atoms with Crippen LogP contribution in [0.15, 0.2) is 47.8 Å². The van der Waals surface area contributed by atoms with Crippen LogP contribution >= 0.6 is 11.3 Å². The SMILES string of the molecule is CN(CC(=O)Nc1nc(-c2cc(F)ccc2F)cs1)Cc1ccccc1F. The maximum Gasteiger partial charge on any atom is 0.240 e. The standard InChI is InChI=1S/C19H16F3N3OS/c1-25(9-12-4-2-3-5-15(12)21)10-18(26)24-19-23-17(11-27-19)14-8-13(20)6-7-16(14)22/h2-8,11H,9-10H2,1H3,(H,23,24,26). The predicted octanol–water partition coefficient (Wildman–Crippen LogP) is 4.30. The number of anilines is 1. The molecule has 0 aliphatic carbocycles. The minimum Gasteiger partial charge on any atom is -0.301 e. The number of aromatic nitrogens is 1. The van der Waals surface area contributed by atoms with Crippen molar-refractivity contribution < 1.29 is 18.0 Å². The Bertz CT molecular complexity index is 961. The highest BCUT2D eigenvalue weighted by Gasteiger charge is 2.14. The normalized spacial score (nSPS) is 11.0. The fourth-order valence-corrected chi connectivity index (χ4v) is 3.25. The number of benzene rings is 2. The van der Waals surface area contributed by atoms with Crippen molar-refractivity contribution in [2.75, 3.05) is 18.9 Å². The molecular formula is C19H16F3N3OS. The summed E-state index contributed by atoms with van der Waals surface area (Å²) in [7, 11) is 1.70. The van der Waals surface area contributed by atoms with E-state index in [1.807, 2.05) is 0 Å². The van der Waals surface area contributed by atoms with Gasteiger partial charge in [0, 0.05) is 23.1 Å². The monoisotopic (exact) mass is 391 g/mol. The van der Waals surface area contributed by atoms with Gasteiger partial charge in [0.1, 0.15) is 17.5 Å². The first-order valence-corrected chi connectivity index (χ1v) is 8.93. The molecule has 27 heavy (non-hydrogen) atoms. The van der Waals surface area contributed by atoms with E-state index < -0.39 is 11.6 Å². The van der Waals surface area contributed by atoms with Gasteiger partial charge in [-0.15, -0.1) is 11.3 Å². The molecule has 0 aliphatic rings. The van der Waals surface area contributed by atoms with Crippen LogP contribution in [0.3, 0.4) is 0 Å². The number of carbonyl (C=O) groups excluding carboxylic acids is 1. The first-order chi connectivity index (χ1) is 12.9. The molecule has 0 aliphatic heterocycles. The molecule has 0 atom stereocenters. The number of nitrogens with one attached hydrogen (secondary N) is 1. The summed E-state index contributed by atoms with van der Waals surface area (Å²) >= 11 is 1.11. The van der Waals surface area contributed by atoms with Crippen LogP contribution < -0.4 is 5.32 Å². The molecular weight excluding hydrogens is 375 g/mol. The van der Waals surface area contributed by atoms with Gasteiger partial charge < -0.3 is 5.32 Å². The third-order valence-corrected chi connectivity index (χ3v) is 4.52. The number of rotatable bonds is 6. The second-order valence-electron chi connectivity index (χ2n) is 5.97. The highest BCUT2D eigenvalue weighted by Crippen LogP contribution is 2.27. The van der Waals surface area contributed by atoms with Gasteiger partial charge in [-0.2, -0.15) is 0 Å². The topological polar surface area (TPSA) is 45.2 Å². The van der Waals surface area contributed by atoms with Crippen LogP contribution in [0.1, 0.15) is 5.56 Å². The van der Waals surface area contributed by atoms with Crippen LogP contribution in [0.25, 0.3) is 11.3 Å². The van der Waals surface area contributed by atoms with Crippen molar-refractivity contribution in [3.05, 3.63) is 70.9 Å². The Kier molecular flexibility index (Phi) is 5.88. The van der Waals surface area contributed by atoms with Crippen molar-refractivity contribution in [1.82, 2.24) is 9.88 Å². The molecule has 1 aromatic heterocycles.